The van der Waals surface area contributed by atoms with Gasteiger partial charge >= 0.3 is 0 Å². The zero-order valence-electron chi connectivity index (χ0n) is 11.7. The first-order valence-electron chi connectivity index (χ1n) is 6.72. The number of anilines is 1. The molecular formula is C15H16N4O2. The number of hydrogen-bond donors (Lipinski definition) is 1. The number of nitrogens with one attached hydrogen (secondary N) is 1. The number of rotatable bonds is 4. The molecule has 2 heterocycles. The fraction of sp³-hybridized carbons (Fsp3) is 0.267. The van der Waals surface area contributed by atoms with Crippen molar-refractivity contribution in [3.8, 4) is 5.75 Å². The third-order valence-corrected chi connectivity index (χ3v) is 3.36. The van der Waals surface area contributed by atoms with E-state index in [0.717, 1.165) is 11.3 Å². The summed E-state index contributed by atoms with van der Waals surface area (Å²) in [5, 5.41) is 2.98. The van der Waals surface area contributed by atoms with E-state index in [1.165, 1.54) is 0 Å². The zero-order valence-corrected chi connectivity index (χ0v) is 11.7. The Bertz CT molecular complexity index is 633. The van der Waals surface area contributed by atoms with Crippen LogP contribution in [0.2, 0.25) is 0 Å². The van der Waals surface area contributed by atoms with E-state index in [0.29, 0.717) is 12.4 Å². The van der Waals surface area contributed by atoms with Crippen LogP contribution in [0.3, 0.4) is 0 Å². The molecule has 1 amide bonds. The minimum absolute atomic E-state index is 0.0755. The highest BCUT2D eigenvalue weighted by molar-refractivity contribution is 5.81. The summed E-state index contributed by atoms with van der Waals surface area (Å²) in [4.78, 5) is 22.0. The summed E-state index contributed by atoms with van der Waals surface area (Å²) in [6, 6.07) is 7.65. The molecule has 1 aliphatic rings. The number of hydrogen-bond acceptors (Lipinski definition) is 5. The molecule has 1 aromatic heterocycles. The number of carbonyl (C=O) groups excluding carboxylic acids is 1. The third-order valence-electron chi connectivity index (χ3n) is 3.36. The van der Waals surface area contributed by atoms with Crippen LogP contribution < -0.4 is 15.0 Å². The van der Waals surface area contributed by atoms with Gasteiger partial charge in [-0.05, 0) is 6.07 Å². The molecule has 6 heteroatoms. The van der Waals surface area contributed by atoms with Crippen LogP contribution in [0.1, 0.15) is 11.6 Å². The van der Waals surface area contributed by atoms with Crippen molar-refractivity contribution in [2.45, 2.75) is 6.04 Å². The van der Waals surface area contributed by atoms with Crippen LogP contribution in [0.5, 0.6) is 5.75 Å². The Morgan fingerprint density at radius 3 is 3.10 bits per heavy atom. The van der Waals surface area contributed by atoms with Crippen LogP contribution in [0.4, 0.5) is 5.82 Å². The second-order valence-corrected chi connectivity index (χ2v) is 4.89. The van der Waals surface area contributed by atoms with Gasteiger partial charge in [0, 0.05) is 25.0 Å². The molecule has 0 fully saturated rings. The van der Waals surface area contributed by atoms with Gasteiger partial charge in [-0.2, -0.15) is 0 Å². The highest BCUT2D eigenvalue weighted by atomic mass is 16.5. The quantitative estimate of drug-likeness (QED) is 0.912. The number of ether oxygens (including phenoxy) is 1. The molecule has 0 unspecified atom stereocenters. The van der Waals surface area contributed by atoms with E-state index >= 15 is 0 Å². The van der Waals surface area contributed by atoms with Gasteiger partial charge in [0.1, 0.15) is 18.2 Å². The van der Waals surface area contributed by atoms with Crippen LogP contribution in [0.15, 0.2) is 42.9 Å². The van der Waals surface area contributed by atoms with Gasteiger partial charge in [0.15, 0.2) is 0 Å². The molecule has 1 atom stereocenters. The van der Waals surface area contributed by atoms with E-state index in [9.17, 15) is 4.79 Å². The van der Waals surface area contributed by atoms with Crippen LogP contribution >= 0.6 is 0 Å². The predicted octanol–water partition coefficient (Wildman–Crippen LogP) is 1.16. The molecule has 1 aromatic carbocycles. The van der Waals surface area contributed by atoms with E-state index in [-0.39, 0.29) is 18.5 Å². The first-order valence-corrected chi connectivity index (χ1v) is 6.72. The topological polar surface area (TPSA) is 67.4 Å². The first-order chi connectivity index (χ1) is 10.2. The normalized spacial score (nSPS) is 16.0. The van der Waals surface area contributed by atoms with Crippen molar-refractivity contribution in [3.63, 3.8) is 0 Å². The standard InChI is InChI=1S/C15H16N4O2/c1-19(14-8-16-6-7-17-14)9-15(20)18-12-10-21-13-5-3-2-4-11(12)13/h2-8,12H,9-10H2,1H3,(H,18,20)/t12-/m1/s1. The van der Waals surface area contributed by atoms with Crippen molar-refractivity contribution >= 4 is 11.7 Å². The predicted molar refractivity (Wildman–Crippen MR) is 78.1 cm³/mol. The second kappa shape index (κ2) is 5.78. The van der Waals surface area contributed by atoms with Crippen molar-refractivity contribution in [3.05, 3.63) is 48.4 Å². The molecule has 21 heavy (non-hydrogen) atoms. The second-order valence-electron chi connectivity index (χ2n) is 4.89. The summed E-state index contributed by atoms with van der Waals surface area (Å²) in [5.41, 5.74) is 1.02. The number of carbonyl (C=O) groups is 1. The number of benzene rings is 1. The lowest BCUT2D eigenvalue weighted by Gasteiger charge is -2.18. The molecule has 0 saturated heterocycles. The molecule has 0 saturated carbocycles. The summed E-state index contributed by atoms with van der Waals surface area (Å²) in [6.45, 7) is 0.692. The average Bonchev–Trinajstić information content (AvgIpc) is 2.91. The number of amides is 1. The van der Waals surface area contributed by atoms with E-state index in [1.807, 2.05) is 31.3 Å². The van der Waals surface area contributed by atoms with Gasteiger partial charge in [-0.1, -0.05) is 18.2 Å². The maximum atomic E-state index is 12.1. The highest BCUT2D eigenvalue weighted by Gasteiger charge is 2.25. The van der Waals surface area contributed by atoms with Gasteiger partial charge < -0.3 is 15.0 Å². The number of fused-ring (bicyclic) bond motifs is 1. The van der Waals surface area contributed by atoms with Gasteiger partial charge in [-0.25, -0.2) is 4.98 Å². The van der Waals surface area contributed by atoms with Crippen LogP contribution in [-0.4, -0.2) is 36.1 Å². The first kappa shape index (κ1) is 13.4. The fourth-order valence-corrected chi connectivity index (χ4v) is 2.31. The van der Waals surface area contributed by atoms with Crippen molar-refractivity contribution < 1.29 is 9.53 Å². The van der Waals surface area contributed by atoms with Gasteiger partial charge in [-0.15, -0.1) is 0 Å². The van der Waals surface area contributed by atoms with Crippen molar-refractivity contribution in [2.75, 3.05) is 25.1 Å². The lowest BCUT2D eigenvalue weighted by molar-refractivity contribution is -0.120. The molecule has 1 aliphatic heterocycles. The molecule has 0 spiro atoms. The maximum absolute atomic E-state index is 12.1. The highest BCUT2D eigenvalue weighted by Crippen LogP contribution is 2.31. The van der Waals surface area contributed by atoms with E-state index < -0.39 is 0 Å². The Labute approximate surface area is 122 Å². The Hall–Kier alpha value is -2.63. The molecule has 3 rings (SSSR count). The van der Waals surface area contributed by atoms with Crippen molar-refractivity contribution in [2.24, 2.45) is 0 Å². The smallest absolute Gasteiger partial charge is 0.240 e. The van der Waals surface area contributed by atoms with Gasteiger partial charge in [0.05, 0.1) is 18.8 Å². The van der Waals surface area contributed by atoms with Crippen LogP contribution in [-0.2, 0) is 4.79 Å². The van der Waals surface area contributed by atoms with Gasteiger partial charge in [0.2, 0.25) is 5.91 Å². The lowest BCUT2D eigenvalue weighted by Crippen LogP contribution is -2.38. The summed E-state index contributed by atoms with van der Waals surface area (Å²) in [5.74, 6) is 1.43. The number of para-hydroxylation sites is 1. The summed E-state index contributed by atoms with van der Waals surface area (Å²) < 4.78 is 5.55. The minimum atomic E-state index is -0.0936. The van der Waals surface area contributed by atoms with Gasteiger partial charge in [-0.3, -0.25) is 9.78 Å². The zero-order chi connectivity index (χ0) is 14.7. The minimum Gasteiger partial charge on any atom is -0.491 e. The molecule has 6 nitrogen and oxygen atoms in total. The maximum Gasteiger partial charge on any atom is 0.240 e. The van der Waals surface area contributed by atoms with Crippen LogP contribution in [0, 0.1) is 0 Å². The van der Waals surface area contributed by atoms with E-state index in [4.69, 9.17) is 4.74 Å². The Morgan fingerprint density at radius 1 is 1.43 bits per heavy atom. The molecule has 0 aliphatic carbocycles. The average molecular weight is 284 g/mol. The largest absolute Gasteiger partial charge is 0.491 e. The van der Waals surface area contributed by atoms with E-state index in [2.05, 4.69) is 15.3 Å². The lowest BCUT2D eigenvalue weighted by atomic mass is 10.1. The third kappa shape index (κ3) is 2.94. The van der Waals surface area contributed by atoms with Gasteiger partial charge in [0.25, 0.3) is 0 Å². The number of likely N-dealkylation sites (N-methyl/N-ethyl adjacent to an activating group) is 1. The molecule has 0 bridgehead atoms. The molecule has 1 N–H and O–H groups in total. The monoisotopic (exact) mass is 284 g/mol. The van der Waals surface area contributed by atoms with Crippen molar-refractivity contribution in [1.29, 1.82) is 0 Å². The fourth-order valence-electron chi connectivity index (χ4n) is 2.31. The molecule has 2 aromatic rings. The van der Waals surface area contributed by atoms with Crippen molar-refractivity contribution in [1.82, 2.24) is 15.3 Å². The van der Waals surface area contributed by atoms with E-state index in [1.54, 1.807) is 23.5 Å². The Morgan fingerprint density at radius 2 is 2.29 bits per heavy atom. The molecule has 108 valence electrons. The van der Waals surface area contributed by atoms with Crippen LogP contribution in [0.25, 0.3) is 0 Å². The molecule has 0 radical (unpaired) electrons. The molecular weight excluding hydrogens is 268 g/mol. The SMILES string of the molecule is CN(CC(=O)N[C@@H]1COc2ccccc21)c1cnccn1. The number of aromatic nitrogens is 2. The Balaban J connectivity index is 1.61. The summed E-state index contributed by atoms with van der Waals surface area (Å²) in [6.07, 6.45) is 4.83. The Kier molecular flexibility index (Phi) is 3.68. The summed E-state index contributed by atoms with van der Waals surface area (Å²) >= 11 is 0. The summed E-state index contributed by atoms with van der Waals surface area (Å²) in [7, 11) is 1.81. The number of nitrogens with zero attached hydrogens (tertiary/aromatic N) is 3.